The number of rotatable bonds is 24. The lowest BCUT2D eigenvalue weighted by Gasteiger charge is -2.27. The first-order valence-electron chi connectivity index (χ1n) is 17.3. The number of hydrogen-bond acceptors (Lipinski definition) is 11. The predicted molar refractivity (Wildman–Crippen MR) is 193 cm³/mol. The van der Waals surface area contributed by atoms with Gasteiger partial charge in [0.25, 0.3) is 10.1 Å². The van der Waals surface area contributed by atoms with Crippen molar-refractivity contribution in [2.75, 3.05) is 30.8 Å². The van der Waals surface area contributed by atoms with Crippen molar-refractivity contribution in [1.82, 2.24) is 21.3 Å². The molecule has 0 unspecified atom stereocenters. The number of nitrogens with two attached hydrogens (primary N) is 1. The zero-order chi connectivity index (χ0) is 40.3. The van der Waals surface area contributed by atoms with Gasteiger partial charge in [-0.1, -0.05) is 53.7 Å². The van der Waals surface area contributed by atoms with Crippen molar-refractivity contribution in [2.24, 2.45) is 23.5 Å². The van der Waals surface area contributed by atoms with Crippen LogP contribution in [0, 0.1) is 17.8 Å². The second-order valence-corrected chi connectivity index (χ2v) is 14.8. The van der Waals surface area contributed by atoms with Gasteiger partial charge in [-0.3, -0.25) is 33.3 Å². The summed E-state index contributed by atoms with van der Waals surface area (Å²) in [5.41, 5.74) is 6.15. The summed E-state index contributed by atoms with van der Waals surface area (Å²) in [5.74, 6) is -6.02. The van der Waals surface area contributed by atoms with Crippen LogP contribution in [0.2, 0.25) is 0 Å². The molecule has 0 bridgehead atoms. The number of urea groups is 1. The third-order valence-corrected chi connectivity index (χ3v) is 8.32. The number of nitrogens with one attached hydrogen (secondary N) is 5. The lowest BCUT2D eigenvalue weighted by Crippen LogP contribution is -2.59. The van der Waals surface area contributed by atoms with E-state index in [1.165, 1.54) is 0 Å². The van der Waals surface area contributed by atoms with Gasteiger partial charge in [0, 0.05) is 31.0 Å². The van der Waals surface area contributed by atoms with Gasteiger partial charge in [0.1, 0.15) is 36.3 Å². The van der Waals surface area contributed by atoms with Gasteiger partial charge < -0.3 is 41.8 Å². The molecule has 0 aromatic heterocycles. The molecule has 0 heterocycles. The first-order valence-corrected chi connectivity index (χ1v) is 18.9. The van der Waals surface area contributed by atoms with Crippen LogP contribution in [0.15, 0.2) is 24.3 Å². The van der Waals surface area contributed by atoms with Crippen molar-refractivity contribution in [3.05, 3.63) is 29.8 Å². The molecule has 0 aliphatic rings. The minimum Gasteiger partial charge on any atom is -0.461 e. The molecule has 1 aromatic rings. The Morgan fingerprint density at radius 1 is 0.792 bits per heavy atom. The van der Waals surface area contributed by atoms with Gasteiger partial charge in [-0.05, 0) is 36.5 Å². The lowest BCUT2D eigenvalue weighted by molar-refractivity contribution is -0.148. The highest BCUT2D eigenvalue weighted by atomic mass is 32.2. The summed E-state index contributed by atoms with van der Waals surface area (Å²) < 4.78 is 43.4. The molecule has 3 atom stereocenters. The average Bonchev–Trinajstić information content (AvgIpc) is 3.06. The molecule has 298 valence electrons. The molecule has 18 nitrogen and oxygen atoms in total. The number of primary amides is 1. The van der Waals surface area contributed by atoms with Gasteiger partial charge in [-0.25, -0.2) is 4.79 Å². The SMILES string of the molecule is CC(C)C(=O)CCOCCC(=O)N[C@@H](CS(=O)(=O)O)C(=O)N[C@H](C(=O)N[C@@H](CCCNC(N)=O)C(=O)Nc1ccc(COC(=O)C(C)C)cc1)C(C)C. The summed E-state index contributed by atoms with van der Waals surface area (Å²) in [7, 11) is -4.79. The Hall–Kier alpha value is -4.62. The fourth-order valence-electron chi connectivity index (χ4n) is 4.46. The first kappa shape index (κ1) is 46.4. The number of amides is 6. The van der Waals surface area contributed by atoms with Crippen LogP contribution in [0.1, 0.15) is 72.8 Å². The van der Waals surface area contributed by atoms with E-state index < -0.39 is 69.6 Å². The Balaban J connectivity index is 3.04. The van der Waals surface area contributed by atoms with Gasteiger partial charge in [0.2, 0.25) is 23.6 Å². The van der Waals surface area contributed by atoms with E-state index in [0.717, 1.165) is 0 Å². The zero-order valence-electron chi connectivity index (χ0n) is 31.1. The fraction of sp³-hybridized carbons (Fsp3) is 0.618. The first-order chi connectivity index (χ1) is 24.7. The Labute approximate surface area is 310 Å². The minimum absolute atomic E-state index is 0.0228. The number of Topliss-reactive ketones (excluding diaryl/α,β-unsaturated/α-hetero) is 1. The molecule has 19 heteroatoms. The lowest BCUT2D eigenvalue weighted by atomic mass is 10.0. The van der Waals surface area contributed by atoms with Crippen molar-refractivity contribution in [1.29, 1.82) is 0 Å². The van der Waals surface area contributed by atoms with Crippen LogP contribution in [0.25, 0.3) is 0 Å². The quantitative estimate of drug-likeness (QED) is 0.0437. The Kier molecular flexibility index (Phi) is 20.3. The van der Waals surface area contributed by atoms with Crippen molar-refractivity contribution < 1.29 is 56.0 Å². The molecule has 6 amide bonds. The summed E-state index contributed by atoms with van der Waals surface area (Å²) in [6, 6.07) is 1.32. The largest absolute Gasteiger partial charge is 0.461 e. The number of ether oxygens (including phenoxy) is 2. The van der Waals surface area contributed by atoms with Crippen LogP contribution >= 0.6 is 0 Å². The van der Waals surface area contributed by atoms with Crippen molar-refractivity contribution in [2.45, 2.75) is 92.0 Å². The van der Waals surface area contributed by atoms with Gasteiger partial charge in [0.15, 0.2) is 0 Å². The average molecular weight is 771 g/mol. The van der Waals surface area contributed by atoms with Crippen molar-refractivity contribution in [3.63, 3.8) is 0 Å². The molecule has 1 aromatic carbocycles. The maximum Gasteiger partial charge on any atom is 0.312 e. The van der Waals surface area contributed by atoms with E-state index in [9.17, 15) is 46.5 Å². The van der Waals surface area contributed by atoms with Crippen LogP contribution in [0.4, 0.5) is 10.5 Å². The highest BCUT2D eigenvalue weighted by Crippen LogP contribution is 2.13. The molecule has 8 N–H and O–H groups in total. The molecule has 0 aliphatic carbocycles. The Bertz CT molecular complexity index is 1520. The molecule has 0 aliphatic heterocycles. The van der Waals surface area contributed by atoms with Gasteiger partial charge in [0.05, 0.1) is 19.1 Å². The molecule has 53 heavy (non-hydrogen) atoms. The summed E-state index contributed by atoms with van der Waals surface area (Å²) in [6.07, 6.45) is 0.0779. The van der Waals surface area contributed by atoms with E-state index in [4.69, 9.17) is 15.2 Å². The molecular formula is C34H54N6O12S. The Morgan fingerprint density at radius 2 is 1.42 bits per heavy atom. The van der Waals surface area contributed by atoms with Crippen LogP contribution < -0.4 is 32.3 Å². The normalized spacial score (nSPS) is 13.1. The molecule has 0 fully saturated rings. The molecule has 0 saturated heterocycles. The van der Waals surface area contributed by atoms with Crippen LogP contribution in [0.5, 0.6) is 0 Å². The fourth-order valence-corrected chi connectivity index (χ4v) is 5.12. The van der Waals surface area contributed by atoms with Crippen LogP contribution in [-0.2, 0) is 55.0 Å². The van der Waals surface area contributed by atoms with Gasteiger partial charge in [-0.2, -0.15) is 8.42 Å². The zero-order valence-corrected chi connectivity index (χ0v) is 31.9. The monoisotopic (exact) mass is 770 g/mol. The van der Waals surface area contributed by atoms with Gasteiger partial charge >= 0.3 is 12.0 Å². The number of anilines is 1. The second kappa shape index (κ2) is 23.1. The molecule has 0 radical (unpaired) electrons. The highest BCUT2D eigenvalue weighted by molar-refractivity contribution is 7.85. The summed E-state index contributed by atoms with van der Waals surface area (Å²) in [4.78, 5) is 87.4. The smallest absolute Gasteiger partial charge is 0.312 e. The number of benzene rings is 1. The van der Waals surface area contributed by atoms with E-state index in [1.54, 1.807) is 65.8 Å². The summed E-state index contributed by atoms with van der Waals surface area (Å²) in [5, 5.41) is 12.3. The number of ketones is 1. The highest BCUT2D eigenvalue weighted by Gasteiger charge is 2.33. The molecular weight excluding hydrogens is 716 g/mol. The third kappa shape index (κ3) is 19.7. The van der Waals surface area contributed by atoms with E-state index in [-0.39, 0.29) is 75.6 Å². The standard InChI is InChI=1S/C34H54N6O12S/c1-20(2)27(41)13-16-51-17-14-28(42)38-26(19-53(48,49)50)31(44)40-29(21(3)4)32(45)39-25(8-7-15-36-34(35)47)30(43)37-24-11-9-23(10-12-24)18-52-33(46)22(5)6/h9-12,20-22,25-26,29H,7-8,13-19H2,1-6H3,(H,37,43)(H,38,42)(H,39,45)(H,40,44)(H3,35,36,47)(H,48,49,50)/t25-,26-,29-/m0/s1. The number of carbonyl (C=O) groups excluding carboxylic acids is 7. The molecule has 0 spiro atoms. The van der Waals surface area contributed by atoms with E-state index in [0.29, 0.717) is 11.3 Å². The maximum atomic E-state index is 13.5. The topological polar surface area (TPSA) is 278 Å². The molecule has 1 rings (SSSR count). The summed E-state index contributed by atoms with van der Waals surface area (Å²) in [6.45, 7) is 10.1. The number of carbonyl (C=O) groups is 7. The second-order valence-electron chi connectivity index (χ2n) is 13.3. The number of hydrogen-bond donors (Lipinski definition) is 7. The third-order valence-electron chi connectivity index (χ3n) is 7.56. The van der Waals surface area contributed by atoms with Crippen LogP contribution in [0.3, 0.4) is 0 Å². The van der Waals surface area contributed by atoms with Crippen molar-refractivity contribution in [3.8, 4) is 0 Å². The predicted octanol–water partition coefficient (Wildman–Crippen LogP) is 0.793. The van der Waals surface area contributed by atoms with Gasteiger partial charge in [-0.15, -0.1) is 0 Å². The van der Waals surface area contributed by atoms with E-state index in [2.05, 4.69) is 26.6 Å². The number of esters is 1. The molecule has 0 saturated carbocycles. The maximum absolute atomic E-state index is 13.5. The summed E-state index contributed by atoms with van der Waals surface area (Å²) >= 11 is 0. The Morgan fingerprint density at radius 3 is 1.96 bits per heavy atom. The minimum atomic E-state index is -4.79. The van der Waals surface area contributed by atoms with Crippen molar-refractivity contribution >= 4 is 57.2 Å². The van der Waals surface area contributed by atoms with E-state index in [1.807, 2.05) is 0 Å². The van der Waals surface area contributed by atoms with Crippen LogP contribution in [-0.4, -0.2) is 98.0 Å². The van der Waals surface area contributed by atoms with E-state index >= 15 is 0 Å².